The molecule has 2 aromatic heterocycles. The lowest BCUT2D eigenvalue weighted by molar-refractivity contribution is -0.127. The van der Waals surface area contributed by atoms with Gasteiger partial charge in [0.1, 0.15) is 6.04 Å². The summed E-state index contributed by atoms with van der Waals surface area (Å²) in [4.78, 5) is 24.3. The van der Waals surface area contributed by atoms with E-state index in [2.05, 4.69) is 25.4 Å². The third-order valence-electron chi connectivity index (χ3n) is 5.00. The van der Waals surface area contributed by atoms with Crippen LogP contribution in [0.4, 0.5) is 0 Å². The van der Waals surface area contributed by atoms with Crippen molar-refractivity contribution in [2.75, 3.05) is 12.3 Å². The number of hydrogen-bond donors (Lipinski definition) is 2. The van der Waals surface area contributed by atoms with Gasteiger partial charge in [0, 0.05) is 12.6 Å². The summed E-state index contributed by atoms with van der Waals surface area (Å²) in [6, 6.07) is 3.45. The SMILES string of the molecule is CCCNC(=O)[C@@H](C)NC(=O)CSc1nnc(-c2ccco2)n1C1CCCCC1. The second-order valence-corrected chi connectivity index (χ2v) is 8.26. The molecule has 0 aromatic carbocycles. The zero-order chi connectivity index (χ0) is 20.6. The minimum atomic E-state index is -0.565. The lowest BCUT2D eigenvalue weighted by atomic mass is 9.95. The molecule has 1 aliphatic carbocycles. The first-order chi connectivity index (χ1) is 14.1. The Morgan fingerprint density at radius 1 is 1.31 bits per heavy atom. The standard InChI is InChI=1S/C20H29N5O3S/c1-3-11-21-19(27)14(2)22-17(26)13-29-20-24-23-18(16-10-7-12-28-16)25(20)15-8-5-4-6-9-15/h7,10,12,14-15H,3-6,8-9,11,13H2,1-2H3,(H,21,27)(H,22,26)/t14-/m1/s1. The zero-order valence-corrected chi connectivity index (χ0v) is 17.8. The van der Waals surface area contributed by atoms with Crippen LogP contribution in [0.5, 0.6) is 0 Å². The summed E-state index contributed by atoms with van der Waals surface area (Å²) in [5.74, 6) is 1.19. The molecule has 2 N–H and O–H groups in total. The number of hydrogen-bond acceptors (Lipinski definition) is 6. The Morgan fingerprint density at radius 3 is 2.79 bits per heavy atom. The third kappa shape index (κ3) is 5.62. The molecule has 0 saturated heterocycles. The van der Waals surface area contributed by atoms with E-state index in [9.17, 15) is 9.59 Å². The lowest BCUT2D eigenvalue weighted by Crippen LogP contribution is -2.45. The summed E-state index contributed by atoms with van der Waals surface area (Å²) in [7, 11) is 0. The van der Waals surface area contributed by atoms with Crippen LogP contribution in [0.1, 0.15) is 58.4 Å². The van der Waals surface area contributed by atoms with E-state index in [0.717, 1.165) is 19.3 Å². The summed E-state index contributed by atoms with van der Waals surface area (Å²) in [6.45, 7) is 4.28. The van der Waals surface area contributed by atoms with Gasteiger partial charge in [-0.1, -0.05) is 37.9 Å². The van der Waals surface area contributed by atoms with Gasteiger partial charge in [-0.15, -0.1) is 10.2 Å². The molecular weight excluding hydrogens is 390 g/mol. The topological polar surface area (TPSA) is 102 Å². The van der Waals surface area contributed by atoms with Gasteiger partial charge in [0.15, 0.2) is 10.9 Å². The lowest BCUT2D eigenvalue weighted by Gasteiger charge is -2.25. The number of aromatic nitrogens is 3. The van der Waals surface area contributed by atoms with E-state index < -0.39 is 6.04 Å². The fourth-order valence-electron chi connectivity index (χ4n) is 3.50. The summed E-state index contributed by atoms with van der Waals surface area (Å²) < 4.78 is 7.66. The molecule has 3 rings (SSSR count). The van der Waals surface area contributed by atoms with Crippen molar-refractivity contribution in [1.29, 1.82) is 0 Å². The Balaban J connectivity index is 1.66. The Bertz CT molecular complexity index is 799. The van der Waals surface area contributed by atoms with Gasteiger partial charge in [-0.25, -0.2) is 0 Å². The van der Waals surface area contributed by atoms with Gasteiger partial charge in [-0.2, -0.15) is 0 Å². The van der Waals surface area contributed by atoms with Crippen molar-refractivity contribution in [2.45, 2.75) is 69.6 Å². The van der Waals surface area contributed by atoms with Crippen LogP contribution in [0.3, 0.4) is 0 Å². The molecule has 2 aromatic rings. The summed E-state index contributed by atoms with van der Waals surface area (Å²) in [5.41, 5.74) is 0. The minimum Gasteiger partial charge on any atom is -0.461 e. The maximum Gasteiger partial charge on any atom is 0.242 e. The average molecular weight is 420 g/mol. The molecule has 0 spiro atoms. The highest BCUT2D eigenvalue weighted by Crippen LogP contribution is 2.35. The maximum atomic E-state index is 12.3. The van der Waals surface area contributed by atoms with Crippen molar-refractivity contribution in [2.24, 2.45) is 0 Å². The van der Waals surface area contributed by atoms with E-state index in [1.165, 1.54) is 31.0 Å². The highest BCUT2D eigenvalue weighted by atomic mass is 32.2. The first-order valence-corrected chi connectivity index (χ1v) is 11.3. The van der Waals surface area contributed by atoms with Gasteiger partial charge in [0.25, 0.3) is 0 Å². The highest BCUT2D eigenvalue weighted by Gasteiger charge is 2.25. The summed E-state index contributed by atoms with van der Waals surface area (Å²) in [6.07, 6.45) is 8.22. The smallest absolute Gasteiger partial charge is 0.242 e. The van der Waals surface area contributed by atoms with E-state index in [0.29, 0.717) is 29.3 Å². The molecule has 1 saturated carbocycles. The number of furan rings is 1. The molecule has 29 heavy (non-hydrogen) atoms. The fraction of sp³-hybridized carbons (Fsp3) is 0.600. The molecule has 0 bridgehead atoms. The van der Waals surface area contributed by atoms with Gasteiger partial charge in [-0.3, -0.25) is 14.2 Å². The molecule has 1 fully saturated rings. The average Bonchev–Trinajstić information content (AvgIpc) is 3.40. The van der Waals surface area contributed by atoms with Crippen molar-refractivity contribution in [3.8, 4) is 11.6 Å². The van der Waals surface area contributed by atoms with Gasteiger partial charge < -0.3 is 15.1 Å². The minimum absolute atomic E-state index is 0.171. The molecule has 0 unspecified atom stereocenters. The number of carbonyl (C=O) groups is 2. The second-order valence-electron chi connectivity index (χ2n) is 7.31. The largest absolute Gasteiger partial charge is 0.461 e. The molecule has 8 nitrogen and oxygen atoms in total. The van der Waals surface area contributed by atoms with E-state index in [4.69, 9.17) is 4.42 Å². The molecule has 1 atom stereocenters. The van der Waals surface area contributed by atoms with Crippen LogP contribution in [0, 0.1) is 0 Å². The van der Waals surface area contributed by atoms with Crippen LogP contribution in [0.15, 0.2) is 28.0 Å². The zero-order valence-electron chi connectivity index (χ0n) is 17.0. The Labute approximate surface area is 175 Å². The predicted octanol–water partition coefficient (Wildman–Crippen LogP) is 3.17. The fourth-order valence-corrected chi connectivity index (χ4v) is 4.31. The summed E-state index contributed by atoms with van der Waals surface area (Å²) >= 11 is 1.34. The van der Waals surface area contributed by atoms with Crippen LogP contribution in [-0.4, -0.2) is 44.9 Å². The van der Waals surface area contributed by atoms with Crippen LogP contribution in [-0.2, 0) is 9.59 Å². The molecule has 0 radical (unpaired) electrons. The van der Waals surface area contributed by atoms with Gasteiger partial charge in [0.05, 0.1) is 12.0 Å². The Hall–Kier alpha value is -2.29. The van der Waals surface area contributed by atoms with Crippen molar-refractivity contribution in [3.05, 3.63) is 18.4 Å². The number of nitrogens with one attached hydrogen (secondary N) is 2. The molecule has 9 heteroatoms. The highest BCUT2D eigenvalue weighted by molar-refractivity contribution is 7.99. The normalized spacial score (nSPS) is 15.8. The predicted molar refractivity (Wildman–Crippen MR) is 111 cm³/mol. The molecule has 2 amide bonds. The van der Waals surface area contributed by atoms with Crippen molar-refractivity contribution >= 4 is 23.6 Å². The van der Waals surface area contributed by atoms with E-state index >= 15 is 0 Å². The molecule has 2 heterocycles. The number of nitrogens with zero attached hydrogens (tertiary/aromatic N) is 3. The van der Waals surface area contributed by atoms with E-state index in [1.807, 2.05) is 19.1 Å². The van der Waals surface area contributed by atoms with Gasteiger partial charge in [0.2, 0.25) is 17.6 Å². The quantitative estimate of drug-likeness (QED) is 0.605. The van der Waals surface area contributed by atoms with E-state index in [1.54, 1.807) is 13.2 Å². The number of rotatable bonds is 9. The van der Waals surface area contributed by atoms with Crippen molar-refractivity contribution < 1.29 is 14.0 Å². The second kappa shape index (κ2) is 10.5. The maximum absolute atomic E-state index is 12.3. The van der Waals surface area contributed by atoms with Crippen LogP contribution in [0.25, 0.3) is 11.6 Å². The van der Waals surface area contributed by atoms with Crippen LogP contribution < -0.4 is 10.6 Å². The van der Waals surface area contributed by atoms with Gasteiger partial charge >= 0.3 is 0 Å². The number of carbonyl (C=O) groups excluding carboxylic acids is 2. The summed E-state index contributed by atoms with van der Waals surface area (Å²) in [5, 5.41) is 14.9. The molecule has 158 valence electrons. The van der Waals surface area contributed by atoms with Gasteiger partial charge in [-0.05, 0) is 38.3 Å². The number of amides is 2. The molecule has 0 aliphatic heterocycles. The third-order valence-corrected chi connectivity index (χ3v) is 5.94. The van der Waals surface area contributed by atoms with E-state index in [-0.39, 0.29) is 17.6 Å². The monoisotopic (exact) mass is 419 g/mol. The number of thioether (sulfide) groups is 1. The van der Waals surface area contributed by atoms with Crippen molar-refractivity contribution in [3.63, 3.8) is 0 Å². The van der Waals surface area contributed by atoms with Crippen molar-refractivity contribution in [1.82, 2.24) is 25.4 Å². The first kappa shape index (κ1) is 21.4. The molecular formula is C20H29N5O3S. The molecule has 1 aliphatic rings. The van der Waals surface area contributed by atoms with Crippen LogP contribution in [0.2, 0.25) is 0 Å². The Morgan fingerprint density at radius 2 is 2.10 bits per heavy atom. The van der Waals surface area contributed by atoms with Crippen LogP contribution >= 0.6 is 11.8 Å². The first-order valence-electron chi connectivity index (χ1n) is 10.3. The Kier molecular flexibility index (Phi) is 7.74.